The fourth-order valence-electron chi connectivity index (χ4n) is 3.31. The van der Waals surface area contributed by atoms with Crippen LogP contribution in [0.3, 0.4) is 0 Å². The third-order valence-corrected chi connectivity index (χ3v) is 4.76. The molecule has 0 saturated heterocycles. The average Bonchev–Trinajstić information content (AvgIpc) is 3.36. The van der Waals surface area contributed by atoms with Gasteiger partial charge in [0.2, 0.25) is 17.8 Å². The molecule has 4 rings (SSSR count). The quantitative estimate of drug-likeness (QED) is 0.474. The Kier molecular flexibility index (Phi) is 5.46. The second-order valence-corrected chi connectivity index (χ2v) is 7.53. The molecule has 0 radical (unpaired) electrons. The van der Waals surface area contributed by atoms with Crippen molar-refractivity contribution in [3.8, 4) is 0 Å². The summed E-state index contributed by atoms with van der Waals surface area (Å²) in [6.45, 7) is 4.15. The minimum Gasteiger partial charge on any atom is -0.354 e. The number of aromatic amines is 2. The second kappa shape index (κ2) is 8.36. The molecule has 3 heterocycles. The van der Waals surface area contributed by atoms with Gasteiger partial charge >= 0.3 is 0 Å². The Morgan fingerprint density at radius 3 is 2.97 bits per heavy atom. The Balaban J connectivity index is 1.43. The van der Waals surface area contributed by atoms with E-state index >= 15 is 0 Å². The molecule has 1 aliphatic heterocycles. The number of carbonyl (C=O) groups excluding carboxylic acids is 2. The summed E-state index contributed by atoms with van der Waals surface area (Å²) in [7, 11) is 0. The fraction of sp³-hybridized carbons (Fsp3) is 0.350. The van der Waals surface area contributed by atoms with Gasteiger partial charge in [-0.3, -0.25) is 14.7 Å². The van der Waals surface area contributed by atoms with Gasteiger partial charge in [0.15, 0.2) is 5.82 Å². The fourth-order valence-corrected chi connectivity index (χ4v) is 3.31. The topological polar surface area (TPSA) is 132 Å². The van der Waals surface area contributed by atoms with E-state index in [0.29, 0.717) is 31.2 Å². The zero-order valence-corrected chi connectivity index (χ0v) is 16.9. The van der Waals surface area contributed by atoms with Crippen molar-refractivity contribution in [3.63, 3.8) is 0 Å². The van der Waals surface area contributed by atoms with E-state index in [1.165, 1.54) is 0 Å². The molecule has 0 saturated carbocycles. The molecule has 0 fully saturated rings. The van der Waals surface area contributed by atoms with Crippen LogP contribution in [-0.2, 0) is 9.59 Å². The summed E-state index contributed by atoms with van der Waals surface area (Å²) in [5.74, 6) is 1.04. The number of aromatic nitrogens is 5. The predicted octanol–water partition coefficient (Wildman–Crippen LogP) is 2.30. The lowest BCUT2D eigenvalue weighted by Crippen LogP contribution is -2.35. The molecule has 2 amide bonds. The van der Waals surface area contributed by atoms with Crippen LogP contribution in [0.2, 0.25) is 0 Å². The van der Waals surface area contributed by atoms with Crippen LogP contribution in [0.25, 0.3) is 16.5 Å². The Labute approximate surface area is 173 Å². The van der Waals surface area contributed by atoms with Crippen molar-refractivity contribution < 1.29 is 9.59 Å². The van der Waals surface area contributed by atoms with E-state index < -0.39 is 0 Å². The van der Waals surface area contributed by atoms with E-state index in [1.807, 2.05) is 32.0 Å². The SMILES string of the molecule is CC(C)NC(=O)CCN1C=C(c2nnc(Nc3ccc4[nH]ncc4c3)[nH]2)CCC1=O. The number of hydrogen-bond acceptors (Lipinski definition) is 6. The zero-order valence-electron chi connectivity index (χ0n) is 16.9. The number of benzene rings is 1. The highest BCUT2D eigenvalue weighted by Crippen LogP contribution is 2.25. The van der Waals surface area contributed by atoms with Crippen molar-refractivity contribution in [1.82, 2.24) is 35.6 Å². The summed E-state index contributed by atoms with van der Waals surface area (Å²) in [6, 6.07) is 5.90. The van der Waals surface area contributed by atoms with Crippen molar-refractivity contribution in [2.24, 2.45) is 0 Å². The van der Waals surface area contributed by atoms with E-state index in [9.17, 15) is 9.59 Å². The average molecular weight is 408 g/mol. The van der Waals surface area contributed by atoms with Crippen molar-refractivity contribution >= 4 is 39.9 Å². The van der Waals surface area contributed by atoms with Crippen LogP contribution in [0, 0.1) is 0 Å². The Hall–Kier alpha value is -3.69. The first kappa shape index (κ1) is 19.6. The summed E-state index contributed by atoms with van der Waals surface area (Å²) < 4.78 is 0. The number of H-pyrrole nitrogens is 2. The van der Waals surface area contributed by atoms with Crippen LogP contribution in [-0.4, -0.2) is 54.7 Å². The van der Waals surface area contributed by atoms with Crippen LogP contribution >= 0.6 is 0 Å². The van der Waals surface area contributed by atoms with Crippen LogP contribution in [0.5, 0.6) is 0 Å². The Bertz CT molecular complexity index is 1100. The van der Waals surface area contributed by atoms with Crippen LogP contribution in [0.15, 0.2) is 30.6 Å². The lowest BCUT2D eigenvalue weighted by molar-refractivity contribution is -0.129. The molecular weight excluding hydrogens is 384 g/mol. The zero-order chi connectivity index (χ0) is 21.1. The van der Waals surface area contributed by atoms with Gasteiger partial charge in [-0.2, -0.15) is 5.10 Å². The van der Waals surface area contributed by atoms with Gasteiger partial charge in [-0.25, -0.2) is 0 Å². The van der Waals surface area contributed by atoms with Crippen molar-refractivity contribution in [3.05, 3.63) is 36.4 Å². The van der Waals surface area contributed by atoms with Gasteiger partial charge in [-0.1, -0.05) is 0 Å². The van der Waals surface area contributed by atoms with E-state index in [0.717, 1.165) is 22.2 Å². The highest BCUT2D eigenvalue weighted by atomic mass is 16.2. The molecule has 0 atom stereocenters. The standard InChI is InChI=1S/C20H24N8O2/c1-12(2)22-17(29)7-8-28-11-13(3-6-18(28)30)19-24-20(27-26-19)23-15-4-5-16-14(9-15)10-21-25-16/h4-5,9-12H,3,6-8H2,1-2H3,(H,21,25)(H,22,29)(H2,23,24,26,27). The molecule has 4 N–H and O–H groups in total. The number of amides is 2. The summed E-state index contributed by atoms with van der Waals surface area (Å²) in [4.78, 5) is 28.8. The summed E-state index contributed by atoms with van der Waals surface area (Å²) in [5, 5.41) is 22.3. The number of fused-ring (bicyclic) bond motifs is 1. The second-order valence-electron chi connectivity index (χ2n) is 7.53. The molecule has 30 heavy (non-hydrogen) atoms. The highest BCUT2D eigenvalue weighted by Gasteiger charge is 2.22. The number of nitrogens with zero attached hydrogens (tertiary/aromatic N) is 4. The highest BCUT2D eigenvalue weighted by molar-refractivity contribution is 5.85. The summed E-state index contributed by atoms with van der Waals surface area (Å²) >= 11 is 0. The van der Waals surface area contributed by atoms with Crippen LogP contribution < -0.4 is 10.6 Å². The van der Waals surface area contributed by atoms with Gasteiger partial charge in [0.05, 0.1) is 11.7 Å². The number of rotatable bonds is 7. The van der Waals surface area contributed by atoms with Crippen LogP contribution in [0.4, 0.5) is 11.6 Å². The first-order valence-corrected chi connectivity index (χ1v) is 9.90. The van der Waals surface area contributed by atoms with Gasteiger partial charge in [0, 0.05) is 48.3 Å². The van der Waals surface area contributed by atoms with E-state index in [2.05, 4.69) is 36.0 Å². The lowest BCUT2D eigenvalue weighted by atomic mass is 10.1. The van der Waals surface area contributed by atoms with Gasteiger partial charge in [0.1, 0.15) is 0 Å². The van der Waals surface area contributed by atoms with Crippen molar-refractivity contribution in [1.29, 1.82) is 0 Å². The largest absolute Gasteiger partial charge is 0.354 e. The Morgan fingerprint density at radius 1 is 1.27 bits per heavy atom. The molecule has 10 heteroatoms. The predicted molar refractivity (Wildman–Crippen MR) is 113 cm³/mol. The van der Waals surface area contributed by atoms with Gasteiger partial charge in [-0.15, -0.1) is 10.2 Å². The lowest BCUT2D eigenvalue weighted by Gasteiger charge is -2.24. The molecule has 3 aromatic rings. The molecule has 1 aliphatic rings. The molecule has 156 valence electrons. The molecule has 0 unspecified atom stereocenters. The van der Waals surface area contributed by atoms with Crippen LogP contribution in [0.1, 0.15) is 38.9 Å². The third kappa shape index (κ3) is 4.48. The third-order valence-electron chi connectivity index (χ3n) is 4.76. The summed E-state index contributed by atoms with van der Waals surface area (Å²) in [6.07, 6.45) is 4.72. The molecular formula is C20H24N8O2. The minimum atomic E-state index is -0.0703. The van der Waals surface area contributed by atoms with Crippen molar-refractivity contribution in [2.75, 3.05) is 11.9 Å². The number of nitrogens with one attached hydrogen (secondary N) is 4. The van der Waals surface area contributed by atoms with Crippen molar-refractivity contribution in [2.45, 2.75) is 39.2 Å². The van der Waals surface area contributed by atoms with E-state index in [4.69, 9.17) is 0 Å². The maximum Gasteiger partial charge on any atom is 0.226 e. The van der Waals surface area contributed by atoms with Gasteiger partial charge in [-0.05, 0) is 38.5 Å². The van der Waals surface area contributed by atoms with E-state index in [-0.39, 0.29) is 24.3 Å². The smallest absolute Gasteiger partial charge is 0.226 e. The number of anilines is 2. The van der Waals surface area contributed by atoms with Gasteiger partial charge < -0.3 is 20.5 Å². The normalized spacial score (nSPS) is 14.3. The molecule has 2 aromatic heterocycles. The van der Waals surface area contributed by atoms with Gasteiger partial charge in [0.25, 0.3) is 0 Å². The number of allylic oxidation sites excluding steroid dienone is 1. The number of hydrogen-bond donors (Lipinski definition) is 4. The Morgan fingerprint density at radius 2 is 2.13 bits per heavy atom. The molecule has 1 aromatic carbocycles. The maximum atomic E-state index is 12.2. The summed E-state index contributed by atoms with van der Waals surface area (Å²) in [5.41, 5.74) is 2.69. The first-order chi connectivity index (χ1) is 14.5. The maximum absolute atomic E-state index is 12.2. The molecule has 0 bridgehead atoms. The minimum absolute atomic E-state index is 0.00220. The number of carbonyl (C=O) groups is 2. The molecule has 10 nitrogen and oxygen atoms in total. The monoisotopic (exact) mass is 408 g/mol. The molecule has 0 aliphatic carbocycles. The van der Waals surface area contributed by atoms with E-state index in [1.54, 1.807) is 17.3 Å². The molecule has 0 spiro atoms. The first-order valence-electron chi connectivity index (χ1n) is 9.90.